The number of aryl methyl sites for hydroxylation is 2. The molecule has 0 saturated carbocycles. The summed E-state index contributed by atoms with van der Waals surface area (Å²) < 4.78 is 5.81. The topological polar surface area (TPSA) is 94.0 Å². The number of rotatable bonds is 1. The molecule has 2 heterocycles. The second kappa shape index (κ2) is 4.10. The van der Waals surface area contributed by atoms with Gasteiger partial charge in [0.2, 0.25) is 0 Å². The molecule has 0 saturated heterocycles. The summed E-state index contributed by atoms with van der Waals surface area (Å²) in [5, 5.41) is 0.170. The monoisotopic (exact) mass is 249 g/mol. The van der Waals surface area contributed by atoms with Crippen molar-refractivity contribution >= 4 is 17.0 Å². The predicted molar refractivity (Wildman–Crippen MR) is 63.7 cm³/mol. The molecule has 0 atom stereocenters. The third kappa shape index (κ3) is 1.69. The van der Waals surface area contributed by atoms with E-state index >= 15 is 0 Å². The number of methoxy groups -OCH3 is 1. The smallest absolute Gasteiger partial charge is 0.339 e. The van der Waals surface area contributed by atoms with E-state index in [9.17, 15) is 14.4 Å². The highest BCUT2D eigenvalue weighted by Crippen LogP contribution is 2.12. The second-order valence-electron chi connectivity index (χ2n) is 3.80. The highest BCUT2D eigenvalue weighted by molar-refractivity contribution is 5.94. The van der Waals surface area contributed by atoms with Crippen molar-refractivity contribution in [2.75, 3.05) is 7.11 Å². The largest absolute Gasteiger partial charge is 0.465 e. The molecule has 0 unspecified atom stereocenters. The van der Waals surface area contributed by atoms with Crippen LogP contribution in [0.25, 0.3) is 11.0 Å². The Morgan fingerprint density at radius 2 is 2.11 bits per heavy atom. The number of carbonyl (C=O) groups is 1. The number of ether oxygens (including phenoxy) is 1. The third-order valence-electron chi connectivity index (χ3n) is 2.69. The molecule has 0 amide bonds. The summed E-state index contributed by atoms with van der Waals surface area (Å²) in [5.74, 6) is -0.574. The molecular formula is C11H11N3O4. The van der Waals surface area contributed by atoms with Gasteiger partial charge in [-0.25, -0.2) is 14.6 Å². The van der Waals surface area contributed by atoms with E-state index in [-0.39, 0.29) is 16.6 Å². The molecule has 1 N–H and O–H groups in total. The van der Waals surface area contributed by atoms with Crippen LogP contribution in [0.15, 0.2) is 15.7 Å². The molecule has 0 aliphatic rings. The average molecular weight is 249 g/mol. The molecule has 7 heteroatoms. The summed E-state index contributed by atoms with van der Waals surface area (Å²) in [4.78, 5) is 40.8. The number of nitrogens with zero attached hydrogens (tertiary/aromatic N) is 2. The minimum Gasteiger partial charge on any atom is -0.465 e. The SMILES string of the molecule is COC(=O)c1cc2c(=O)[nH]c(=O)n(C)c2nc1C. The zero-order chi connectivity index (χ0) is 13.4. The highest BCUT2D eigenvalue weighted by Gasteiger charge is 2.15. The third-order valence-corrected chi connectivity index (χ3v) is 2.69. The summed E-state index contributed by atoms with van der Waals surface area (Å²) in [6.07, 6.45) is 0. The summed E-state index contributed by atoms with van der Waals surface area (Å²) in [5.41, 5.74) is -0.297. The Morgan fingerprint density at radius 1 is 1.44 bits per heavy atom. The molecule has 0 aliphatic heterocycles. The lowest BCUT2D eigenvalue weighted by molar-refractivity contribution is 0.0599. The van der Waals surface area contributed by atoms with E-state index in [2.05, 4.69) is 14.7 Å². The van der Waals surface area contributed by atoms with E-state index in [1.165, 1.54) is 24.8 Å². The number of nitrogens with one attached hydrogen (secondary N) is 1. The Kier molecular flexibility index (Phi) is 2.74. The zero-order valence-electron chi connectivity index (χ0n) is 10.1. The molecule has 0 spiro atoms. The van der Waals surface area contributed by atoms with Crippen molar-refractivity contribution < 1.29 is 9.53 Å². The standard InChI is InChI=1S/C11H11N3O4/c1-5-6(10(16)18-3)4-7-8(12-5)14(2)11(17)13-9(7)15/h4H,1-3H3,(H,13,15,17). The van der Waals surface area contributed by atoms with Gasteiger partial charge in [0, 0.05) is 7.05 Å². The highest BCUT2D eigenvalue weighted by atomic mass is 16.5. The van der Waals surface area contributed by atoms with Crippen LogP contribution in [0.5, 0.6) is 0 Å². The molecule has 2 aromatic heterocycles. The van der Waals surface area contributed by atoms with Crippen molar-refractivity contribution in [1.82, 2.24) is 14.5 Å². The van der Waals surface area contributed by atoms with Gasteiger partial charge in [0.15, 0.2) is 0 Å². The van der Waals surface area contributed by atoms with Gasteiger partial charge in [-0.05, 0) is 13.0 Å². The van der Waals surface area contributed by atoms with Crippen molar-refractivity contribution in [2.45, 2.75) is 6.92 Å². The molecule has 0 radical (unpaired) electrons. The van der Waals surface area contributed by atoms with Gasteiger partial charge in [-0.1, -0.05) is 0 Å². The Bertz CT molecular complexity index is 757. The van der Waals surface area contributed by atoms with E-state index in [0.717, 1.165) is 0 Å². The van der Waals surface area contributed by atoms with E-state index in [4.69, 9.17) is 0 Å². The first-order chi connectivity index (χ1) is 8.45. The van der Waals surface area contributed by atoms with Gasteiger partial charge < -0.3 is 4.74 Å². The predicted octanol–water partition coefficient (Wildman–Crippen LogP) is -0.283. The lowest BCUT2D eigenvalue weighted by Gasteiger charge is -2.07. The first-order valence-corrected chi connectivity index (χ1v) is 5.14. The minimum atomic E-state index is -0.578. The summed E-state index contributed by atoms with van der Waals surface area (Å²) in [7, 11) is 2.74. The van der Waals surface area contributed by atoms with Crippen LogP contribution < -0.4 is 11.2 Å². The Morgan fingerprint density at radius 3 is 2.72 bits per heavy atom. The summed E-state index contributed by atoms with van der Waals surface area (Å²) >= 11 is 0. The molecule has 94 valence electrons. The van der Waals surface area contributed by atoms with Gasteiger partial charge >= 0.3 is 11.7 Å². The van der Waals surface area contributed by atoms with Crippen LogP contribution in [0.2, 0.25) is 0 Å². The molecule has 2 aromatic rings. The molecule has 18 heavy (non-hydrogen) atoms. The Labute approximate surface area is 101 Å². The Hall–Kier alpha value is -2.44. The van der Waals surface area contributed by atoms with E-state index in [0.29, 0.717) is 5.69 Å². The quantitative estimate of drug-likeness (QED) is 0.701. The molecule has 0 fully saturated rings. The number of aromatic nitrogens is 3. The normalized spacial score (nSPS) is 10.6. The van der Waals surface area contributed by atoms with Crippen molar-refractivity contribution in [3.63, 3.8) is 0 Å². The van der Waals surface area contributed by atoms with E-state index < -0.39 is 17.2 Å². The van der Waals surface area contributed by atoms with Crippen LogP contribution in [-0.2, 0) is 11.8 Å². The van der Waals surface area contributed by atoms with Gasteiger partial charge in [0.1, 0.15) is 5.65 Å². The maximum absolute atomic E-state index is 11.7. The van der Waals surface area contributed by atoms with E-state index in [1.807, 2.05) is 0 Å². The lowest BCUT2D eigenvalue weighted by Crippen LogP contribution is -2.29. The van der Waals surface area contributed by atoms with Gasteiger partial charge in [0.25, 0.3) is 5.56 Å². The van der Waals surface area contributed by atoms with Crippen molar-refractivity contribution in [3.05, 3.63) is 38.2 Å². The van der Waals surface area contributed by atoms with Gasteiger partial charge in [-0.15, -0.1) is 0 Å². The van der Waals surface area contributed by atoms with Crippen molar-refractivity contribution in [1.29, 1.82) is 0 Å². The zero-order valence-corrected chi connectivity index (χ0v) is 10.1. The van der Waals surface area contributed by atoms with Crippen LogP contribution in [0.3, 0.4) is 0 Å². The van der Waals surface area contributed by atoms with Crippen LogP contribution >= 0.6 is 0 Å². The lowest BCUT2D eigenvalue weighted by atomic mass is 10.1. The fraction of sp³-hybridized carbons (Fsp3) is 0.273. The van der Waals surface area contributed by atoms with Crippen LogP contribution in [0.1, 0.15) is 16.1 Å². The molecule has 2 rings (SSSR count). The number of hydrogen-bond donors (Lipinski definition) is 1. The molecule has 0 aliphatic carbocycles. The van der Waals surface area contributed by atoms with Gasteiger partial charge in [0.05, 0.1) is 23.8 Å². The maximum atomic E-state index is 11.7. The molecule has 0 bridgehead atoms. The first-order valence-electron chi connectivity index (χ1n) is 5.14. The van der Waals surface area contributed by atoms with Crippen molar-refractivity contribution in [3.8, 4) is 0 Å². The number of hydrogen-bond acceptors (Lipinski definition) is 5. The second-order valence-corrected chi connectivity index (χ2v) is 3.80. The average Bonchev–Trinajstić information content (AvgIpc) is 2.34. The van der Waals surface area contributed by atoms with Gasteiger partial charge in [-0.2, -0.15) is 0 Å². The number of pyridine rings is 1. The number of carbonyl (C=O) groups excluding carboxylic acids is 1. The summed E-state index contributed by atoms with van der Waals surface area (Å²) in [6, 6.07) is 1.38. The fourth-order valence-electron chi connectivity index (χ4n) is 1.68. The number of H-pyrrole nitrogens is 1. The maximum Gasteiger partial charge on any atom is 0.339 e. The van der Waals surface area contributed by atoms with Crippen molar-refractivity contribution in [2.24, 2.45) is 7.05 Å². The molecule has 0 aromatic carbocycles. The fourth-order valence-corrected chi connectivity index (χ4v) is 1.68. The van der Waals surface area contributed by atoms with Crippen LogP contribution in [0, 0.1) is 6.92 Å². The van der Waals surface area contributed by atoms with E-state index in [1.54, 1.807) is 6.92 Å². The summed E-state index contributed by atoms with van der Waals surface area (Å²) in [6.45, 7) is 1.61. The van der Waals surface area contributed by atoms with Crippen LogP contribution in [-0.4, -0.2) is 27.6 Å². The molecule has 7 nitrogen and oxygen atoms in total. The number of esters is 1. The Balaban J connectivity index is 2.93. The number of fused-ring (bicyclic) bond motifs is 1. The van der Waals surface area contributed by atoms with Gasteiger partial charge in [-0.3, -0.25) is 14.3 Å². The number of aromatic amines is 1. The molecular weight excluding hydrogens is 238 g/mol. The minimum absolute atomic E-state index is 0.170. The first kappa shape index (κ1) is 12.0. The van der Waals surface area contributed by atoms with Crippen LogP contribution in [0.4, 0.5) is 0 Å².